The first kappa shape index (κ1) is 11.6. The minimum absolute atomic E-state index is 0.227. The van der Waals surface area contributed by atoms with E-state index in [1.807, 2.05) is 0 Å². The van der Waals surface area contributed by atoms with E-state index >= 15 is 0 Å². The highest BCUT2D eigenvalue weighted by Crippen LogP contribution is 2.34. The molecular formula is C16H21NO. The van der Waals surface area contributed by atoms with Crippen LogP contribution >= 0.6 is 0 Å². The maximum atomic E-state index is 5.87. The van der Waals surface area contributed by atoms with Crippen LogP contribution in [-0.4, -0.2) is 10.7 Å². The van der Waals surface area contributed by atoms with E-state index in [1.165, 1.54) is 30.2 Å². The van der Waals surface area contributed by atoms with Crippen molar-refractivity contribution in [3.05, 3.63) is 30.5 Å². The lowest BCUT2D eigenvalue weighted by molar-refractivity contribution is 0.245. The number of aryl methyl sites for hydroxylation is 1. The molecule has 0 saturated heterocycles. The fraction of sp³-hybridized carbons (Fsp3) is 0.500. The van der Waals surface area contributed by atoms with E-state index in [9.17, 15) is 0 Å². The molecule has 18 heavy (non-hydrogen) atoms. The minimum Gasteiger partial charge on any atom is -0.490 e. The second-order valence-electron chi connectivity index (χ2n) is 5.60. The van der Waals surface area contributed by atoms with Crippen LogP contribution in [0.25, 0.3) is 10.9 Å². The average molecular weight is 243 g/mol. The standard InChI is InChI=1S/C16H21NO/c1-12(2)18-16-5-3-4-15-14(16)9-11-17(15)10-8-13-6-7-13/h3-5,9,11-13H,6-8,10H2,1-2H3. The first-order valence-corrected chi connectivity index (χ1v) is 6.98. The van der Waals surface area contributed by atoms with Crippen LogP contribution in [0, 0.1) is 5.92 Å². The van der Waals surface area contributed by atoms with E-state index < -0.39 is 0 Å². The molecule has 0 aliphatic heterocycles. The number of hydrogen-bond donors (Lipinski definition) is 0. The van der Waals surface area contributed by atoms with Crippen molar-refractivity contribution in [1.82, 2.24) is 4.57 Å². The van der Waals surface area contributed by atoms with Crippen molar-refractivity contribution in [1.29, 1.82) is 0 Å². The molecule has 0 unspecified atom stereocenters. The van der Waals surface area contributed by atoms with Gasteiger partial charge in [-0.2, -0.15) is 0 Å². The van der Waals surface area contributed by atoms with Crippen molar-refractivity contribution < 1.29 is 4.74 Å². The number of fused-ring (bicyclic) bond motifs is 1. The third-order valence-corrected chi connectivity index (χ3v) is 3.61. The molecule has 1 aromatic carbocycles. The van der Waals surface area contributed by atoms with Gasteiger partial charge in [0.05, 0.1) is 11.6 Å². The highest BCUT2D eigenvalue weighted by Gasteiger charge is 2.20. The minimum atomic E-state index is 0.227. The molecule has 0 amide bonds. The summed E-state index contributed by atoms with van der Waals surface area (Å²) in [6.07, 6.45) is 6.60. The van der Waals surface area contributed by atoms with Crippen LogP contribution in [0.2, 0.25) is 0 Å². The molecule has 1 fully saturated rings. The molecule has 0 radical (unpaired) electrons. The van der Waals surface area contributed by atoms with E-state index in [2.05, 4.69) is 48.9 Å². The molecule has 1 saturated carbocycles. The summed E-state index contributed by atoms with van der Waals surface area (Å²) in [6.45, 7) is 5.28. The monoisotopic (exact) mass is 243 g/mol. The summed E-state index contributed by atoms with van der Waals surface area (Å²) in [5.74, 6) is 1.99. The van der Waals surface area contributed by atoms with Gasteiger partial charge in [0.25, 0.3) is 0 Å². The fourth-order valence-corrected chi connectivity index (χ4v) is 2.48. The van der Waals surface area contributed by atoms with Crippen LogP contribution in [0.3, 0.4) is 0 Å². The predicted molar refractivity (Wildman–Crippen MR) is 75.0 cm³/mol. The Balaban J connectivity index is 1.87. The number of nitrogens with zero attached hydrogens (tertiary/aromatic N) is 1. The van der Waals surface area contributed by atoms with Gasteiger partial charge in [-0.3, -0.25) is 0 Å². The highest BCUT2D eigenvalue weighted by atomic mass is 16.5. The Morgan fingerprint density at radius 3 is 2.83 bits per heavy atom. The normalized spacial score (nSPS) is 15.5. The van der Waals surface area contributed by atoms with Gasteiger partial charge < -0.3 is 9.30 Å². The molecule has 1 aromatic heterocycles. The topological polar surface area (TPSA) is 14.2 Å². The van der Waals surface area contributed by atoms with Crippen molar-refractivity contribution in [2.24, 2.45) is 5.92 Å². The van der Waals surface area contributed by atoms with E-state index in [4.69, 9.17) is 4.74 Å². The summed E-state index contributed by atoms with van der Waals surface area (Å²) >= 11 is 0. The molecule has 0 atom stereocenters. The summed E-state index contributed by atoms with van der Waals surface area (Å²) in [6, 6.07) is 8.52. The Morgan fingerprint density at radius 2 is 2.11 bits per heavy atom. The van der Waals surface area contributed by atoms with Crippen molar-refractivity contribution in [2.45, 2.75) is 45.8 Å². The molecule has 1 aliphatic carbocycles. The van der Waals surface area contributed by atoms with E-state index in [0.717, 1.165) is 18.2 Å². The number of aromatic nitrogens is 1. The Morgan fingerprint density at radius 1 is 1.28 bits per heavy atom. The molecule has 0 N–H and O–H groups in total. The maximum absolute atomic E-state index is 5.87. The fourth-order valence-electron chi connectivity index (χ4n) is 2.48. The van der Waals surface area contributed by atoms with Crippen LogP contribution in [-0.2, 0) is 6.54 Å². The van der Waals surface area contributed by atoms with Gasteiger partial charge in [0, 0.05) is 18.1 Å². The molecule has 0 bridgehead atoms. The third kappa shape index (κ3) is 2.38. The molecule has 1 heterocycles. The van der Waals surface area contributed by atoms with Gasteiger partial charge in [0.1, 0.15) is 5.75 Å². The molecule has 2 heteroatoms. The van der Waals surface area contributed by atoms with E-state index in [0.29, 0.717) is 0 Å². The molecular weight excluding hydrogens is 222 g/mol. The third-order valence-electron chi connectivity index (χ3n) is 3.61. The van der Waals surface area contributed by atoms with Crippen LogP contribution < -0.4 is 4.74 Å². The number of ether oxygens (including phenoxy) is 1. The van der Waals surface area contributed by atoms with Gasteiger partial charge in [-0.05, 0) is 44.4 Å². The lowest BCUT2D eigenvalue weighted by atomic mass is 10.2. The first-order chi connectivity index (χ1) is 8.74. The largest absolute Gasteiger partial charge is 0.490 e. The highest BCUT2D eigenvalue weighted by molar-refractivity contribution is 5.86. The molecule has 0 spiro atoms. The molecule has 2 nitrogen and oxygen atoms in total. The van der Waals surface area contributed by atoms with Crippen LogP contribution in [0.4, 0.5) is 0 Å². The average Bonchev–Trinajstić information content (AvgIpc) is 3.07. The summed E-state index contributed by atoms with van der Waals surface area (Å²) in [5, 5.41) is 1.24. The van der Waals surface area contributed by atoms with Gasteiger partial charge in [-0.1, -0.05) is 18.9 Å². The van der Waals surface area contributed by atoms with E-state index in [-0.39, 0.29) is 6.10 Å². The van der Waals surface area contributed by atoms with Gasteiger partial charge >= 0.3 is 0 Å². The van der Waals surface area contributed by atoms with Gasteiger partial charge in [0.15, 0.2) is 0 Å². The second kappa shape index (κ2) is 4.68. The van der Waals surface area contributed by atoms with Gasteiger partial charge in [0.2, 0.25) is 0 Å². The number of rotatable bonds is 5. The Bertz CT molecular complexity index is 537. The second-order valence-corrected chi connectivity index (χ2v) is 5.60. The molecule has 2 aromatic rings. The quantitative estimate of drug-likeness (QED) is 0.766. The zero-order valence-electron chi connectivity index (χ0n) is 11.2. The Kier molecular flexibility index (Phi) is 3.02. The Labute approximate surface area is 109 Å². The van der Waals surface area contributed by atoms with Gasteiger partial charge in [-0.25, -0.2) is 0 Å². The lowest BCUT2D eigenvalue weighted by Crippen LogP contribution is -2.05. The summed E-state index contributed by atoms with van der Waals surface area (Å²) < 4.78 is 8.23. The van der Waals surface area contributed by atoms with Crippen molar-refractivity contribution in [3.8, 4) is 5.75 Å². The zero-order valence-corrected chi connectivity index (χ0v) is 11.2. The molecule has 1 aliphatic rings. The smallest absolute Gasteiger partial charge is 0.129 e. The SMILES string of the molecule is CC(C)Oc1cccc2c1ccn2CCC1CC1. The summed E-state index contributed by atoms with van der Waals surface area (Å²) in [5.41, 5.74) is 1.30. The first-order valence-electron chi connectivity index (χ1n) is 6.98. The zero-order chi connectivity index (χ0) is 12.5. The molecule has 3 rings (SSSR count). The van der Waals surface area contributed by atoms with Crippen LogP contribution in [0.5, 0.6) is 5.75 Å². The Hall–Kier alpha value is -1.44. The van der Waals surface area contributed by atoms with Crippen LogP contribution in [0.1, 0.15) is 33.1 Å². The van der Waals surface area contributed by atoms with Crippen LogP contribution in [0.15, 0.2) is 30.5 Å². The maximum Gasteiger partial charge on any atom is 0.129 e. The van der Waals surface area contributed by atoms with E-state index in [1.54, 1.807) is 0 Å². The summed E-state index contributed by atoms with van der Waals surface area (Å²) in [7, 11) is 0. The predicted octanol–water partition coefficient (Wildman–Crippen LogP) is 4.23. The van der Waals surface area contributed by atoms with Gasteiger partial charge in [-0.15, -0.1) is 0 Å². The number of hydrogen-bond acceptors (Lipinski definition) is 1. The summed E-state index contributed by atoms with van der Waals surface area (Å²) in [4.78, 5) is 0. The molecule has 96 valence electrons. The lowest BCUT2D eigenvalue weighted by Gasteiger charge is -2.11. The number of benzene rings is 1. The van der Waals surface area contributed by atoms with Crippen molar-refractivity contribution in [2.75, 3.05) is 0 Å². The van der Waals surface area contributed by atoms with Crippen molar-refractivity contribution >= 4 is 10.9 Å². The van der Waals surface area contributed by atoms with Crippen molar-refractivity contribution in [3.63, 3.8) is 0 Å².